The number of anilines is 1. The Bertz CT molecular complexity index is 1450. The second-order valence-corrected chi connectivity index (χ2v) is 8.31. The predicted octanol–water partition coefficient (Wildman–Crippen LogP) is 5.58. The Hall–Kier alpha value is -3.66. The molecule has 1 heterocycles. The second kappa shape index (κ2) is 9.30. The maximum absolute atomic E-state index is 13.7. The number of para-hydroxylation sites is 2. The van der Waals surface area contributed by atoms with E-state index in [0.717, 1.165) is 22.4 Å². The van der Waals surface area contributed by atoms with Crippen molar-refractivity contribution in [2.24, 2.45) is 0 Å². The molecule has 1 amide bonds. The lowest BCUT2D eigenvalue weighted by Crippen LogP contribution is -2.25. The first kappa shape index (κ1) is 23.5. The van der Waals surface area contributed by atoms with Crippen molar-refractivity contribution in [2.75, 3.05) is 11.1 Å². The molecule has 0 spiro atoms. The summed E-state index contributed by atoms with van der Waals surface area (Å²) in [5.41, 5.74) is -0.877. The van der Waals surface area contributed by atoms with E-state index in [1.54, 1.807) is 25.1 Å². The van der Waals surface area contributed by atoms with E-state index in [9.17, 15) is 27.2 Å². The Morgan fingerprint density at radius 1 is 1.06 bits per heavy atom. The van der Waals surface area contributed by atoms with Gasteiger partial charge in [-0.15, -0.1) is 0 Å². The molecule has 4 aromatic rings. The number of aryl methyl sites for hydroxylation is 1. The van der Waals surface area contributed by atoms with Gasteiger partial charge in [0.15, 0.2) is 5.16 Å². The Morgan fingerprint density at radius 2 is 1.76 bits per heavy atom. The Morgan fingerprint density at radius 3 is 2.53 bits per heavy atom. The molecule has 3 aromatic carbocycles. The highest BCUT2D eigenvalue weighted by molar-refractivity contribution is 7.99. The van der Waals surface area contributed by atoms with E-state index in [2.05, 4.69) is 10.3 Å². The van der Waals surface area contributed by atoms with Crippen molar-refractivity contribution < 1.29 is 22.4 Å². The van der Waals surface area contributed by atoms with Crippen molar-refractivity contribution in [3.05, 3.63) is 94.0 Å². The highest BCUT2D eigenvalue weighted by atomic mass is 32.2. The number of hydrogen-bond acceptors (Lipinski definition) is 4. The van der Waals surface area contributed by atoms with Gasteiger partial charge in [-0.2, -0.15) is 13.2 Å². The molecule has 34 heavy (non-hydrogen) atoms. The first-order chi connectivity index (χ1) is 16.1. The number of nitrogens with one attached hydrogen (secondary N) is 1. The standard InChI is InChI=1S/C24H17F4N3O2S/c1-14-10-11-15(25)12-19(14)29-21(32)13-34-23-30-18-8-4-2-6-16(18)22(33)31(23)20-9-5-3-7-17(20)24(26,27)28/h2-12H,13H2,1H3,(H,29,32). The summed E-state index contributed by atoms with van der Waals surface area (Å²) >= 11 is 0.806. The van der Waals surface area contributed by atoms with Crippen molar-refractivity contribution in [1.29, 1.82) is 0 Å². The molecule has 1 aromatic heterocycles. The molecule has 174 valence electrons. The molecule has 1 N–H and O–H groups in total. The number of aromatic nitrogens is 2. The van der Waals surface area contributed by atoms with Gasteiger partial charge in [-0.05, 0) is 48.9 Å². The lowest BCUT2D eigenvalue weighted by Gasteiger charge is -2.17. The molecule has 0 radical (unpaired) electrons. The largest absolute Gasteiger partial charge is 0.418 e. The van der Waals surface area contributed by atoms with Crippen LogP contribution < -0.4 is 10.9 Å². The van der Waals surface area contributed by atoms with Crippen LogP contribution in [0.5, 0.6) is 0 Å². The molecule has 0 unspecified atom stereocenters. The second-order valence-electron chi connectivity index (χ2n) is 7.36. The molecule has 0 aliphatic rings. The highest BCUT2D eigenvalue weighted by Crippen LogP contribution is 2.34. The summed E-state index contributed by atoms with van der Waals surface area (Å²) in [5.74, 6) is -1.33. The minimum Gasteiger partial charge on any atom is -0.325 e. The van der Waals surface area contributed by atoms with Crippen LogP contribution in [0.4, 0.5) is 23.2 Å². The Labute approximate surface area is 195 Å². The lowest BCUT2D eigenvalue weighted by atomic mass is 10.1. The summed E-state index contributed by atoms with van der Waals surface area (Å²) in [6, 6.07) is 14.9. The average Bonchev–Trinajstić information content (AvgIpc) is 2.80. The lowest BCUT2D eigenvalue weighted by molar-refractivity contribution is -0.137. The van der Waals surface area contributed by atoms with Gasteiger partial charge < -0.3 is 5.32 Å². The van der Waals surface area contributed by atoms with Gasteiger partial charge in [0.25, 0.3) is 5.56 Å². The molecule has 0 fully saturated rings. The number of carbonyl (C=O) groups excluding carboxylic acids is 1. The van der Waals surface area contributed by atoms with Crippen LogP contribution in [0.1, 0.15) is 11.1 Å². The zero-order valence-corrected chi connectivity index (χ0v) is 18.5. The van der Waals surface area contributed by atoms with Crippen LogP contribution in [0.15, 0.2) is 76.7 Å². The highest BCUT2D eigenvalue weighted by Gasteiger charge is 2.34. The van der Waals surface area contributed by atoms with Crippen molar-refractivity contribution in [3.8, 4) is 5.69 Å². The summed E-state index contributed by atoms with van der Waals surface area (Å²) in [6.45, 7) is 1.69. The van der Waals surface area contributed by atoms with Gasteiger partial charge in [0.2, 0.25) is 5.91 Å². The third-order valence-electron chi connectivity index (χ3n) is 5.00. The van der Waals surface area contributed by atoms with Gasteiger partial charge in [0.05, 0.1) is 27.9 Å². The fourth-order valence-electron chi connectivity index (χ4n) is 3.38. The van der Waals surface area contributed by atoms with Crippen molar-refractivity contribution in [1.82, 2.24) is 9.55 Å². The van der Waals surface area contributed by atoms with Gasteiger partial charge >= 0.3 is 6.18 Å². The third-order valence-corrected chi connectivity index (χ3v) is 5.94. The summed E-state index contributed by atoms with van der Waals surface area (Å²) < 4.78 is 55.5. The molecule has 0 saturated carbocycles. The number of carbonyl (C=O) groups is 1. The first-order valence-corrected chi connectivity index (χ1v) is 11.0. The van der Waals surface area contributed by atoms with Gasteiger partial charge in [-0.25, -0.2) is 9.37 Å². The minimum absolute atomic E-state index is 0.0773. The van der Waals surface area contributed by atoms with Crippen molar-refractivity contribution >= 4 is 34.3 Å². The fourth-order valence-corrected chi connectivity index (χ4v) is 4.18. The van der Waals surface area contributed by atoms with Crippen LogP contribution in [0.2, 0.25) is 0 Å². The molecule has 0 aliphatic carbocycles. The predicted molar refractivity (Wildman–Crippen MR) is 123 cm³/mol. The maximum atomic E-state index is 13.7. The fraction of sp³-hybridized carbons (Fsp3) is 0.125. The van der Waals surface area contributed by atoms with Gasteiger partial charge in [-0.1, -0.05) is 42.1 Å². The van der Waals surface area contributed by atoms with Crippen LogP contribution in [0.3, 0.4) is 0 Å². The van der Waals surface area contributed by atoms with E-state index in [1.807, 2.05) is 0 Å². The summed E-state index contributed by atoms with van der Waals surface area (Å²) in [6.07, 6.45) is -4.71. The van der Waals surface area contributed by atoms with Gasteiger partial charge in [0, 0.05) is 5.69 Å². The monoisotopic (exact) mass is 487 g/mol. The number of halogens is 4. The van der Waals surface area contributed by atoms with E-state index in [1.165, 1.54) is 42.5 Å². The molecular formula is C24H17F4N3O2S. The number of rotatable bonds is 5. The van der Waals surface area contributed by atoms with Gasteiger partial charge in [0.1, 0.15) is 5.82 Å². The quantitative estimate of drug-likeness (QED) is 0.227. The van der Waals surface area contributed by atoms with Crippen molar-refractivity contribution in [2.45, 2.75) is 18.3 Å². The Balaban J connectivity index is 1.75. The number of hydrogen-bond donors (Lipinski definition) is 1. The van der Waals surface area contributed by atoms with Crippen LogP contribution in [0.25, 0.3) is 16.6 Å². The molecule has 0 atom stereocenters. The van der Waals surface area contributed by atoms with E-state index >= 15 is 0 Å². The van der Waals surface area contributed by atoms with Crippen LogP contribution in [-0.4, -0.2) is 21.2 Å². The number of benzene rings is 3. The average molecular weight is 487 g/mol. The molecule has 0 bridgehead atoms. The zero-order chi connectivity index (χ0) is 24.5. The SMILES string of the molecule is Cc1ccc(F)cc1NC(=O)CSc1nc2ccccc2c(=O)n1-c1ccccc1C(F)(F)F. The summed E-state index contributed by atoms with van der Waals surface area (Å²) in [5, 5.41) is 2.64. The van der Waals surface area contributed by atoms with E-state index in [4.69, 9.17) is 0 Å². The molecule has 4 rings (SSSR count). The van der Waals surface area contributed by atoms with Gasteiger partial charge in [-0.3, -0.25) is 14.2 Å². The molecule has 0 aliphatic heterocycles. The number of nitrogens with zero attached hydrogens (tertiary/aromatic N) is 2. The van der Waals surface area contributed by atoms with E-state index in [0.29, 0.717) is 5.56 Å². The first-order valence-electron chi connectivity index (χ1n) is 10.0. The number of fused-ring (bicyclic) bond motifs is 1. The van der Waals surface area contributed by atoms with Crippen LogP contribution >= 0.6 is 11.8 Å². The van der Waals surface area contributed by atoms with Crippen LogP contribution in [-0.2, 0) is 11.0 Å². The number of amides is 1. The maximum Gasteiger partial charge on any atom is 0.418 e. The summed E-state index contributed by atoms with van der Waals surface area (Å²) in [4.78, 5) is 30.1. The van der Waals surface area contributed by atoms with Crippen molar-refractivity contribution in [3.63, 3.8) is 0 Å². The topological polar surface area (TPSA) is 64.0 Å². The molecule has 5 nitrogen and oxygen atoms in total. The number of thioether (sulfide) groups is 1. The number of alkyl halides is 3. The molecule has 10 heteroatoms. The molecule has 0 saturated heterocycles. The normalized spacial score (nSPS) is 11.6. The smallest absolute Gasteiger partial charge is 0.325 e. The third kappa shape index (κ3) is 4.81. The minimum atomic E-state index is -4.71. The Kier molecular flexibility index (Phi) is 6.43. The summed E-state index contributed by atoms with van der Waals surface area (Å²) in [7, 11) is 0. The van der Waals surface area contributed by atoms with E-state index < -0.39 is 29.0 Å². The molecular weight excluding hydrogens is 470 g/mol. The van der Waals surface area contributed by atoms with E-state index in [-0.39, 0.29) is 33.2 Å². The zero-order valence-electron chi connectivity index (χ0n) is 17.7. The van der Waals surface area contributed by atoms with Crippen LogP contribution in [0, 0.1) is 12.7 Å².